The van der Waals surface area contributed by atoms with E-state index in [4.69, 9.17) is 4.74 Å². The number of hydrogen-bond donors (Lipinski definition) is 1. The Morgan fingerprint density at radius 1 is 1.16 bits per heavy atom. The highest BCUT2D eigenvalue weighted by Gasteiger charge is 2.39. The van der Waals surface area contributed by atoms with Crippen LogP contribution < -0.4 is 4.74 Å². The maximum Gasteiger partial charge on any atom is 0.133 e. The molecule has 98 valence electrons. The summed E-state index contributed by atoms with van der Waals surface area (Å²) < 4.78 is 19.2. The highest BCUT2D eigenvalue weighted by Crippen LogP contribution is 2.43. The van der Waals surface area contributed by atoms with E-state index in [-0.39, 0.29) is 0 Å². The molecular formula is C16H15FO2. The molecule has 0 saturated carbocycles. The van der Waals surface area contributed by atoms with Gasteiger partial charge in [-0.2, -0.15) is 0 Å². The van der Waals surface area contributed by atoms with Crippen molar-refractivity contribution in [3.8, 4) is 5.75 Å². The molecule has 0 radical (unpaired) electrons. The zero-order chi connectivity index (χ0) is 13.5. The molecule has 3 rings (SSSR count). The second kappa shape index (κ2) is 4.35. The average molecular weight is 258 g/mol. The van der Waals surface area contributed by atoms with E-state index in [2.05, 4.69) is 0 Å². The second-order valence-corrected chi connectivity index (χ2v) is 4.86. The molecule has 0 fully saturated rings. The molecule has 0 bridgehead atoms. The van der Waals surface area contributed by atoms with Crippen molar-refractivity contribution in [2.45, 2.75) is 18.4 Å². The molecule has 1 aliphatic rings. The zero-order valence-corrected chi connectivity index (χ0v) is 10.7. The van der Waals surface area contributed by atoms with Gasteiger partial charge in [0.15, 0.2) is 0 Å². The molecule has 0 aromatic heterocycles. The number of hydrogen-bond acceptors (Lipinski definition) is 2. The fourth-order valence-electron chi connectivity index (χ4n) is 2.83. The van der Waals surface area contributed by atoms with E-state index in [1.165, 1.54) is 13.2 Å². The van der Waals surface area contributed by atoms with Crippen molar-refractivity contribution in [2.24, 2.45) is 0 Å². The first-order chi connectivity index (χ1) is 9.15. The van der Waals surface area contributed by atoms with Crippen LogP contribution in [0.5, 0.6) is 5.75 Å². The van der Waals surface area contributed by atoms with Gasteiger partial charge in [0.1, 0.15) is 17.2 Å². The monoisotopic (exact) mass is 258 g/mol. The molecule has 1 N–H and O–H groups in total. The van der Waals surface area contributed by atoms with Crippen LogP contribution in [-0.2, 0) is 12.0 Å². The van der Waals surface area contributed by atoms with Gasteiger partial charge in [0.05, 0.1) is 7.11 Å². The minimum atomic E-state index is -1.23. The number of aliphatic hydroxyl groups is 1. The molecule has 0 saturated heterocycles. The largest absolute Gasteiger partial charge is 0.497 e. The molecule has 3 heteroatoms. The Morgan fingerprint density at radius 3 is 2.68 bits per heavy atom. The summed E-state index contributed by atoms with van der Waals surface area (Å²) in [4.78, 5) is 0. The van der Waals surface area contributed by atoms with Gasteiger partial charge in [0, 0.05) is 11.6 Å². The normalized spacial score (nSPS) is 21.2. The topological polar surface area (TPSA) is 29.5 Å². The van der Waals surface area contributed by atoms with E-state index in [0.29, 0.717) is 17.7 Å². The smallest absolute Gasteiger partial charge is 0.133 e. The lowest BCUT2D eigenvalue weighted by molar-refractivity contribution is 0.0788. The summed E-state index contributed by atoms with van der Waals surface area (Å²) in [5, 5.41) is 10.9. The van der Waals surface area contributed by atoms with Crippen LogP contribution in [0.2, 0.25) is 0 Å². The zero-order valence-electron chi connectivity index (χ0n) is 10.7. The van der Waals surface area contributed by atoms with Crippen LogP contribution in [0.25, 0.3) is 0 Å². The van der Waals surface area contributed by atoms with Crippen LogP contribution in [0.4, 0.5) is 4.39 Å². The Kier molecular flexibility index (Phi) is 2.79. The van der Waals surface area contributed by atoms with Crippen molar-refractivity contribution in [3.63, 3.8) is 0 Å². The van der Waals surface area contributed by atoms with Crippen LogP contribution >= 0.6 is 0 Å². The van der Waals surface area contributed by atoms with Crippen molar-refractivity contribution in [1.29, 1.82) is 0 Å². The number of halogens is 1. The minimum absolute atomic E-state index is 0.318. The van der Waals surface area contributed by atoms with Crippen LogP contribution in [0, 0.1) is 5.82 Å². The van der Waals surface area contributed by atoms with E-state index >= 15 is 0 Å². The third-order valence-corrected chi connectivity index (χ3v) is 3.84. The van der Waals surface area contributed by atoms with Crippen molar-refractivity contribution in [1.82, 2.24) is 0 Å². The summed E-state index contributed by atoms with van der Waals surface area (Å²) >= 11 is 0. The number of benzene rings is 2. The Morgan fingerprint density at radius 2 is 1.95 bits per heavy atom. The maximum absolute atomic E-state index is 14.2. The van der Waals surface area contributed by atoms with Crippen molar-refractivity contribution in [3.05, 3.63) is 65.0 Å². The molecule has 0 heterocycles. The Bertz CT molecular complexity index is 624. The van der Waals surface area contributed by atoms with E-state index in [0.717, 1.165) is 17.5 Å². The SMILES string of the molecule is COc1ccc(C2(O)CCc3ccccc32)c(F)c1. The third-order valence-electron chi connectivity index (χ3n) is 3.84. The molecule has 19 heavy (non-hydrogen) atoms. The summed E-state index contributed by atoms with van der Waals surface area (Å²) in [6.07, 6.45) is 1.27. The predicted octanol–water partition coefficient (Wildman–Crippen LogP) is 3.02. The first kappa shape index (κ1) is 12.2. The second-order valence-electron chi connectivity index (χ2n) is 4.86. The first-order valence-electron chi connectivity index (χ1n) is 6.30. The molecule has 2 nitrogen and oxygen atoms in total. The fraction of sp³-hybridized carbons (Fsp3) is 0.250. The molecule has 1 atom stereocenters. The molecule has 1 aliphatic carbocycles. The fourth-order valence-corrected chi connectivity index (χ4v) is 2.83. The van der Waals surface area contributed by atoms with Gasteiger partial charge in [-0.15, -0.1) is 0 Å². The van der Waals surface area contributed by atoms with Crippen LogP contribution in [0.1, 0.15) is 23.1 Å². The van der Waals surface area contributed by atoms with Gasteiger partial charge in [-0.05, 0) is 36.1 Å². The van der Waals surface area contributed by atoms with Crippen LogP contribution in [0.15, 0.2) is 42.5 Å². The Hall–Kier alpha value is -1.87. The van der Waals surface area contributed by atoms with Gasteiger partial charge < -0.3 is 9.84 Å². The molecule has 1 unspecified atom stereocenters. The third kappa shape index (κ3) is 1.81. The number of methoxy groups -OCH3 is 1. The lowest BCUT2D eigenvalue weighted by atomic mass is 9.87. The highest BCUT2D eigenvalue weighted by atomic mass is 19.1. The molecule has 2 aromatic carbocycles. The van der Waals surface area contributed by atoms with Crippen molar-refractivity contribution >= 4 is 0 Å². The van der Waals surface area contributed by atoms with E-state index in [9.17, 15) is 9.50 Å². The lowest BCUT2D eigenvalue weighted by Crippen LogP contribution is -2.25. The van der Waals surface area contributed by atoms with Gasteiger partial charge in [-0.25, -0.2) is 4.39 Å². The first-order valence-corrected chi connectivity index (χ1v) is 6.30. The van der Waals surface area contributed by atoms with Crippen molar-refractivity contribution < 1.29 is 14.2 Å². The predicted molar refractivity (Wildman–Crippen MR) is 70.7 cm³/mol. The van der Waals surface area contributed by atoms with Gasteiger partial charge in [0.25, 0.3) is 0 Å². The average Bonchev–Trinajstić information content (AvgIpc) is 2.78. The standard InChI is InChI=1S/C16H15FO2/c1-19-12-6-7-14(15(17)10-12)16(18)9-8-11-4-2-3-5-13(11)16/h2-7,10,18H,8-9H2,1H3. The van der Waals surface area contributed by atoms with E-state index in [1.807, 2.05) is 24.3 Å². The highest BCUT2D eigenvalue weighted by molar-refractivity contribution is 5.46. The van der Waals surface area contributed by atoms with Gasteiger partial charge in [-0.1, -0.05) is 24.3 Å². The van der Waals surface area contributed by atoms with Gasteiger partial charge in [0.2, 0.25) is 0 Å². The molecule has 0 aliphatic heterocycles. The number of ether oxygens (including phenoxy) is 1. The van der Waals surface area contributed by atoms with Crippen molar-refractivity contribution in [2.75, 3.05) is 7.11 Å². The summed E-state index contributed by atoms with van der Waals surface area (Å²) in [7, 11) is 1.49. The quantitative estimate of drug-likeness (QED) is 0.897. The Labute approximate surface area is 111 Å². The minimum Gasteiger partial charge on any atom is -0.497 e. The van der Waals surface area contributed by atoms with Gasteiger partial charge in [-0.3, -0.25) is 0 Å². The van der Waals surface area contributed by atoms with E-state index in [1.54, 1.807) is 12.1 Å². The Balaban J connectivity index is 2.12. The summed E-state index contributed by atoms with van der Waals surface area (Å²) in [5.41, 5.74) is 0.977. The molecule has 0 spiro atoms. The summed E-state index contributed by atoms with van der Waals surface area (Å²) in [5.74, 6) is 0.0229. The number of fused-ring (bicyclic) bond motifs is 1. The summed E-state index contributed by atoms with van der Waals surface area (Å²) in [6, 6.07) is 12.3. The van der Waals surface area contributed by atoms with E-state index < -0.39 is 11.4 Å². The molecule has 2 aromatic rings. The molecule has 0 amide bonds. The number of rotatable bonds is 2. The van der Waals surface area contributed by atoms with Gasteiger partial charge >= 0.3 is 0 Å². The number of aryl methyl sites for hydroxylation is 1. The summed E-state index contributed by atoms with van der Waals surface area (Å²) in [6.45, 7) is 0. The van der Waals surface area contributed by atoms with Crippen LogP contribution in [-0.4, -0.2) is 12.2 Å². The maximum atomic E-state index is 14.2. The lowest BCUT2D eigenvalue weighted by Gasteiger charge is -2.25. The molecular weight excluding hydrogens is 243 g/mol. The van der Waals surface area contributed by atoms with Crippen LogP contribution in [0.3, 0.4) is 0 Å².